The third kappa shape index (κ3) is 15.8. The van der Waals surface area contributed by atoms with Gasteiger partial charge in [0.2, 0.25) is 0 Å². The maximum Gasteiger partial charge on any atom is 0.0574 e. The number of rotatable bonds is 15. The summed E-state index contributed by atoms with van der Waals surface area (Å²) in [5.41, 5.74) is 0. The minimum Gasteiger partial charge on any atom is -0.393 e. The molecular formula is C19H38O. The average molecular weight is 283 g/mol. The van der Waals surface area contributed by atoms with Crippen molar-refractivity contribution in [2.45, 2.75) is 110 Å². The molecule has 0 aliphatic rings. The average Bonchev–Trinajstić information content (AvgIpc) is 2.46. The van der Waals surface area contributed by atoms with Gasteiger partial charge in [0, 0.05) is 0 Å². The molecule has 0 bridgehead atoms. The molecule has 0 aromatic carbocycles. The van der Waals surface area contributed by atoms with Crippen LogP contribution in [0.5, 0.6) is 0 Å². The van der Waals surface area contributed by atoms with Gasteiger partial charge in [-0.25, -0.2) is 0 Å². The zero-order chi connectivity index (χ0) is 14.9. The Bertz CT molecular complexity index is 198. The molecule has 0 aliphatic carbocycles. The summed E-state index contributed by atoms with van der Waals surface area (Å²) in [7, 11) is 0. The Labute approximate surface area is 127 Å². The van der Waals surface area contributed by atoms with E-state index < -0.39 is 0 Å². The molecule has 0 heterocycles. The van der Waals surface area contributed by atoms with E-state index in [2.05, 4.69) is 13.0 Å². The summed E-state index contributed by atoms with van der Waals surface area (Å²) in [6, 6.07) is 0. The van der Waals surface area contributed by atoms with Crippen LogP contribution in [0.15, 0.2) is 12.2 Å². The maximum absolute atomic E-state index is 9.69. The summed E-state index contributed by atoms with van der Waals surface area (Å²) >= 11 is 0. The predicted octanol–water partition coefficient (Wildman–Crippen LogP) is 6.40. The van der Waals surface area contributed by atoms with Gasteiger partial charge in [0.25, 0.3) is 0 Å². The monoisotopic (exact) mass is 282 g/mol. The quantitative estimate of drug-likeness (QED) is 0.272. The lowest BCUT2D eigenvalue weighted by Gasteiger charge is -2.07. The molecule has 0 amide bonds. The zero-order valence-corrected chi connectivity index (χ0v) is 14.1. The molecule has 0 aromatic heterocycles. The van der Waals surface area contributed by atoms with Crippen molar-refractivity contribution in [2.75, 3.05) is 0 Å². The fourth-order valence-corrected chi connectivity index (χ4v) is 2.63. The van der Waals surface area contributed by atoms with Crippen LogP contribution in [0.2, 0.25) is 0 Å². The summed E-state index contributed by atoms with van der Waals surface area (Å²) in [4.78, 5) is 0. The molecule has 1 N–H and O–H groups in total. The third-order valence-corrected chi connectivity index (χ3v) is 4.03. The molecule has 0 spiro atoms. The summed E-state index contributed by atoms with van der Waals surface area (Å²) < 4.78 is 0. The summed E-state index contributed by atoms with van der Waals surface area (Å²) in [6.45, 7) is 4.29. The standard InChI is InChI=1S/C19H38O/c1-3-5-7-8-9-10-11-12-13-14-15-16-18-19(20)17-6-4-2/h4,6,19-20H,3,5,7-18H2,1-2H3/b6-4-/t19-/m0/s1. The molecular weight excluding hydrogens is 244 g/mol. The molecule has 1 nitrogen and oxygen atoms in total. The molecule has 0 aliphatic heterocycles. The fourth-order valence-electron chi connectivity index (χ4n) is 2.63. The molecule has 1 heteroatoms. The lowest BCUT2D eigenvalue weighted by Crippen LogP contribution is -2.04. The number of aliphatic hydroxyl groups excluding tert-OH is 1. The van der Waals surface area contributed by atoms with Crippen molar-refractivity contribution >= 4 is 0 Å². The van der Waals surface area contributed by atoms with E-state index in [0.29, 0.717) is 0 Å². The van der Waals surface area contributed by atoms with Gasteiger partial charge >= 0.3 is 0 Å². The molecule has 0 unspecified atom stereocenters. The normalized spacial score (nSPS) is 13.2. The Morgan fingerprint density at radius 2 is 1.20 bits per heavy atom. The van der Waals surface area contributed by atoms with Gasteiger partial charge in [0.05, 0.1) is 6.10 Å². The second-order valence-corrected chi connectivity index (χ2v) is 6.14. The van der Waals surface area contributed by atoms with Gasteiger partial charge in [-0.1, -0.05) is 96.1 Å². The molecule has 1 atom stereocenters. The van der Waals surface area contributed by atoms with Crippen LogP contribution in [0.25, 0.3) is 0 Å². The Morgan fingerprint density at radius 1 is 0.750 bits per heavy atom. The highest BCUT2D eigenvalue weighted by molar-refractivity contribution is 4.79. The van der Waals surface area contributed by atoms with Crippen molar-refractivity contribution < 1.29 is 5.11 Å². The molecule has 0 saturated heterocycles. The van der Waals surface area contributed by atoms with Gasteiger partial charge in [-0.2, -0.15) is 0 Å². The van der Waals surface area contributed by atoms with E-state index in [1.165, 1.54) is 77.0 Å². The van der Waals surface area contributed by atoms with E-state index in [0.717, 1.165) is 12.8 Å². The SMILES string of the molecule is C/C=C\C[C@H](O)CCCCCCCCCCCCCC. The van der Waals surface area contributed by atoms with Crippen LogP contribution < -0.4 is 0 Å². The zero-order valence-electron chi connectivity index (χ0n) is 14.1. The van der Waals surface area contributed by atoms with Crippen molar-refractivity contribution in [1.29, 1.82) is 0 Å². The van der Waals surface area contributed by atoms with E-state index in [9.17, 15) is 5.11 Å². The highest BCUT2D eigenvalue weighted by Gasteiger charge is 2.00. The van der Waals surface area contributed by atoms with Gasteiger partial charge in [-0.05, 0) is 19.8 Å². The number of unbranched alkanes of at least 4 members (excludes halogenated alkanes) is 11. The van der Waals surface area contributed by atoms with Crippen molar-refractivity contribution in [3.8, 4) is 0 Å². The van der Waals surface area contributed by atoms with Crippen LogP contribution in [0.1, 0.15) is 104 Å². The number of allylic oxidation sites excluding steroid dienone is 1. The molecule has 120 valence electrons. The van der Waals surface area contributed by atoms with Crippen molar-refractivity contribution in [1.82, 2.24) is 0 Å². The highest BCUT2D eigenvalue weighted by atomic mass is 16.3. The van der Waals surface area contributed by atoms with Crippen LogP contribution in [-0.4, -0.2) is 11.2 Å². The largest absolute Gasteiger partial charge is 0.393 e. The molecule has 0 fully saturated rings. The summed E-state index contributed by atoms with van der Waals surface area (Å²) in [5.74, 6) is 0. The summed E-state index contributed by atoms with van der Waals surface area (Å²) in [6.07, 6.45) is 22.4. The molecule has 0 rings (SSSR count). The van der Waals surface area contributed by atoms with Crippen LogP contribution in [0.3, 0.4) is 0 Å². The Balaban J connectivity index is 3.06. The molecule has 20 heavy (non-hydrogen) atoms. The molecule has 0 radical (unpaired) electrons. The predicted molar refractivity (Wildman–Crippen MR) is 91.1 cm³/mol. The van der Waals surface area contributed by atoms with E-state index in [1.54, 1.807) is 0 Å². The topological polar surface area (TPSA) is 20.2 Å². The van der Waals surface area contributed by atoms with Gasteiger partial charge in [0.1, 0.15) is 0 Å². The van der Waals surface area contributed by atoms with Crippen LogP contribution >= 0.6 is 0 Å². The first kappa shape index (κ1) is 19.7. The van der Waals surface area contributed by atoms with E-state index >= 15 is 0 Å². The summed E-state index contributed by atoms with van der Waals surface area (Å²) in [5, 5.41) is 9.69. The van der Waals surface area contributed by atoms with Crippen molar-refractivity contribution in [2.24, 2.45) is 0 Å². The minimum absolute atomic E-state index is 0.116. The van der Waals surface area contributed by atoms with Gasteiger partial charge in [0.15, 0.2) is 0 Å². The Kier molecular flexibility index (Phi) is 16.5. The van der Waals surface area contributed by atoms with Crippen molar-refractivity contribution in [3.05, 3.63) is 12.2 Å². The molecule has 0 aromatic rings. The second-order valence-electron chi connectivity index (χ2n) is 6.14. The lowest BCUT2D eigenvalue weighted by molar-refractivity contribution is 0.163. The van der Waals surface area contributed by atoms with Gasteiger partial charge in [-0.3, -0.25) is 0 Å². The lowest BCUT2D eigenvalue weighted by atomic mass is 10.0. The number of aliphatic hydroxyl groups is 1. The van der Waals surface area contributed by atoms with Gasteiger partial charge < -0.3 is 5.11 Å². The second kappa shape index (κ2) is 16.8. The Hall–Kier alpha value is -0.300. The smallest absolute Gasteiger partial charge is 0.0574 e. The maximum atomic E-state index is 9.69. The van der Waals surface area contributed by atoms with Gasteiger partial charge in [-0.15, -0.1) is 0 Å². The van der Waals surface area contributed by atoms with E-state index in [1.807, 2.05) is 13.0 Å². The third-order valence-electron chi connectivity index (χ3n) is 4.03. The first-order valence-electron chi connectivity index (χ1n) is 9.10. The first-order chi connectivity index (χ1) is 9.81. The van der Waals surface area contributed by atoms with E-state index in [4.69, 9.17) is 0 Å². The Morgan fingerprint density at radius 3 is 1.65 bits per heavy atom. The fraction of sp³-hybridized carbons (Fsp3) is 0.895. The number of hydrogen-bond acceptors (Lipinski definition) is 1. The van der Waals surface area contributed by atoms with Crippen LogP contribution in [0, 0.1) is 0 Å². The van der Waals surface area contributed by atoms with Crippen molar-refractivity contribution in [3.63, 3.8) is 0 Å². The van der Waals surface area contributed by atoms with E-state index in [-0.39, 0.29) is 6.10 Å². The molecule has 0 saturated carbocycles. The minimum atomic E-state index is -0.116. The number of hydrogen-bond donors (Lipinski definition) is 1. The van der Waals surface area contributed by atoms with Crippen LogP contribution in [0.4, 0.5) is 0 Å². The first-order valence-corrected chi connectivity index (χ1v) is 9.10. The highest BCUT2D eigenvalue weighted by Crippen LogP contribution is 2.13. The van der Waals surface area contributed by atoms with Crippen LogP contribution in [-0.2, 0) is 0 Å².